The normalized spacial score (nSPS) is 14.6. The summed E-state index contributed by atoms with van der Waals surface area (Å²) in [6, 6.07) is 9.26. The largest absolute Gasteiger partial charge is 0.378 e. The molecule has 1 amide bonds. The van der Waals surface area contributed by atoms with Gasteiger partial charge in [-0.2, -0.15) is 0 Å². The molecule has 2 N–H and O–H groups in total. The summed E-state index contributed by atoms with van der Waals surface area (Å²) < 4.78 is 46.6. The summed E-state index contributed by atoms with van der Waals surface area (Å²) in [6.45, 7) is 1.53. The molecule has 0 bridgehead atoms. The molecule has 2 heterocycles. The fraction of sp³-hybridized carbons (Fsp3) is 0.200. The van der Waals surface area contributed by atoms with Crippen molar-refractivity contribution in [3.05, 3.63) is 70.3 Å². The third-order valence-corrected chi connectivity index (χ3v) is 6.17. The number of benzene rings is 2. The zero-order valence-corrected chi connectivity index (χ0v) is 16.5. The van der Waals surface area contributed by atoms with Gasteiger partial charge in [0, 0.05) is 30.2 Å². The Morgan fingerprint density at radius 2 is 1.87 bits per heavy atom. The summed E-state index contributed by atoms with van der Waals surface area (Å²) in [5.41, 5.74) is -0.490. The third-order valence-electron chi connectivity index (χ3n) is 4.81. The first-order chi connectivity index (χ1) is 14.4. The number of sulfonamides is 1. The fourth-order valence-electron chi connectivity index (χ4n) is 3.21. The van der Waals surface area contributed by atoms with Crippen molar-refractivity contribution in [2.45, 2.75) is 4.90 Å². The van der Waals surface area contributed by atoms with Crippen LogP contribution < -0.4 is 10.2 Å². The van der Waals surface area contributed by atoms with E-state index in [0.717, 1.165) is 6.07 Å². The van der Waals surface area contributed by atoms with Crippen LogP contribution >= 0.6 is 0 Å². The minimum Gasteiger partial charge on any atom is -0.378 e. The Morgan fingerprint density at radius 3 is 2.60 bits per heavy atom. The summed E-state index contributed by atoms with van der Waals surface area (Å²) >= 11 is 0. The van der Waals surface area contributed by atoms with Crippen LogP contribution in [0.3, 0.4) is 0 Å². The van der Waals surface area contributed by atoms with E-state index in [1.807, 2.05) is 0 Å². The van der Waals surface area contributed by atoms with Crippen molar-refractivity contribution in [2.75, 3.05) is 31.0 Å². The molecule has 2 aromatic carbocycles. The predicted molar refractivity (Wildman–Crippen MR) is 108 cm³/mol. The molecule has 0 saturated carbocycles. The first-order valence-electron chi connectivity index (χ1n) is 9.16. The van der Waals surface area contributed by atoms with E-state index in [0.29, 0.717) is 31.8 Å². The Bertz CT molecular complexity index is 1280. The van der Waals surface area contributed by atoms with Gasteiger partial charge in [-0.15, -0.1) is 0 Å². The highest BCUT2D eigenvalue weighted by Crippen LogP contribution is 2.21. The molecule has 10 heteroatoms. The van der Waals surface area contributed by atoms with Gasteiger partial charge in [0.25, 0.3) is 15.9 Å². The van der Waals surface area contributed by atoms with Crippen molar-refractivity contribution in [2.24, 2.45) is 0 Å². The molecule has 156 valence electrons. The van der Waals surface area contributed by atoms with Crippen LogP contribution in [0.5, 0.6) is 0 Å². The summed E-state index contributed by atoms with van der Waals surface area (Å²) in [5, 5.41) is 0.0468. The van der Waals surface area contributed by atoms with Gasteiger partial charge in [-0.25, -0.2) is 12.8 Å². The average Bonchev–Trinajstić information content (AvgIpc) is 2.75. The van der Waals surface area contributed by atoms with Crippen molar-refractivity contribution in [1.82, 2.24) is 9.88 Å². The Balaban J connectivity index is 1.72. The summed E-state index contributed by atoms with van der Waals surface area (Å²) in [4.78, 5) is 29.8. The van der Waals surface area contributed by atoms with Gasteiger partial charge < -0.3 is 14.6 Å². The molecule has 0 atom stereocenters. The molecular formula is C20H18FN3O5S. The second-order valence-corrected chi connectivity index (χ2v) is 8.41. The number of aromatic nitrogens is 1. The Kier molecular flexibility index (Phi) is 5.27. The minimum absolute atomic E-state index is 0.0468. The van der Waals surface area contributed by atoms with E-state index in [2.05, 4.69) is 9.71 Å². The topological polar surface area (TPSA) is 109 Å². The van der Waals surface area contributed by atoms with Gasteiger partial charge in [0.05, 0.1) is 23.8 Å². The van der Waals surface area contributed by atoms with Gasteiger partial charge >= 0.3 is 0 Å². The van der Waals surface area contributed by atoms with Crippen LogP contribution in [-0.4, -0.2) is 50.5 Å². The molecule has 1 fully saturated rings. The van der Waals surface area contributed by atoms with E-state index in [4.69, 9.17) is 4.74 Å². The maximum Gasteiger partial charge on any atom is 0.262 e. The fourth-order valence-corrected chi connectivity index (χ4v) is 4.30. The van der Waals surface area contributed by atoms with Crippen LogP contribution in [-0.2, 0) is 14.8 Å². The third kappa shape index (κ3) is 3.79. The number of carbonyl (C=O) groups excluding carboxylic acids is 1. The van der Waals surface area contributed by atoms with E-state index in [1.165, 1.54) is 47.5 Å². The van der Waals surface area contributed by atoms with E-state index in [-0.39, 0.29) is 21.5 Å². The molecule has 0 radical (unpaired) electrons. The second kappa shape index (κ2) is 7.88. The standard InChI is InChI=1S/C20H18FN3O5S/c21-16-3-1-2-4-18(16)23-30(27,28)13-5-6-17-14(11-13)19(25)15(12-22-17)20(26)24-7-9-29-10-8-24/h1-6,11-12,23H,7-10H2,(H,22,25). The summed E-state index contributed by atoms with van der Waals surface area (Å²) in [7, 11) is -4.15. The quantitative estimate of drug-likeness (QED) is 0.656. The van der Waals surface area contributed by atoms with Crippen LogP contribution in [0.4, 0.5) is 10.1 Å². The van der Waals surface area contributed by atoms with Gasteiger partial charge in [-0.3, -0.25) is 14.3 Å². The Morgan fingerprint density at radius 1 is 1.13 bits per heavy atom. The van der Waals surface area contributed by atoms with Crippen molar-refractivity contribution in [3.8, 4) is 0 Å². The molecule has 0 unspecified atom stereocenters. The van der Waals surface area contributed by atoms with Gasteiger partial charge in [0.1, 0.15) is 11.4 Å². The number of anilines is 1. The number of amides is 1. The number of morpholine rings is 1. The minimum atomic E-state index is -4.15. The lowest BCUT2D eigenvalue weighted by Gasteiger charge is -2.26. The molecule has 3 aromatic rings. The highest BCUT2D eigenvalue weighted by molar-refractivity contribution is 7.92. The summed E-state index contributed by atoms with van der Waals surface area (Å²) in [5.74, 6) is -1.17. The first kappa shape index (κ1) is 20.0. The molecule has 8 nitrogen and oxygen atoms in total. The first-order valence-corrected chi connectivity index (χ1v) is 10.6. The average molecular weight is 431 g/mol. The monoisotopic (exact) mass is 431 g/mol. The van der Waals surface area contributed by atoms with E-state index in [1.54, 1.807) is 0 Å². The van der Waals surface area contributed by atoms with E-state index in [9.17, 15) is 22.4 Å². The van der Waals surface area contributed by atoms with Crippen LogP contribution in [0.2, 0.25) is 0 Å². The van der Waals surface area contributed by atoms with Gasteiger partial charge in [0.15, 0.2) is 0 Å². The number of nitrogens with one attached hydrogen (secondary N) is 2. The zero-order valence-electron chi connectivity index (χ0n) is 15.7. The number of H-pyrrole nitrogens is 1. The summed E-state index contributed by atoms with van der Waals surface area (Å²) in [6.07, 6.45) is 1.33. The highest BCUT2D eigenvalue weighted by Gasteiger charge is 2.23. The number of aromatic amines is 1. The number of pyridine rings is 1. The van der Waals surface area contributed by atoms with Gasteiger partial charge in [0.2, 0.25) is 5.43 Å². The Hall–Kier alpha value is -3.24. The molecule has 0 aliphatic carbocycles. The molecular weight excluding hydrogens is 413 g/mol. The number of hydrogen-bond acceptors (Lipinski definition) is 5. The maximum absolute atomic E-state index is 13.8. The van der Waals surface area contributed by atoms with Crippen molar-refractivity contribution in [1.29, 1.82) is 0 Å². The van der Waals surface area contributed by atoms with Crippen LogP contribution in [0.25, 0.3) is 10.9 Å². The van der Waals surface area contributed by atoms with Gasteiger partial charge in [-0.05, 0) is 30.3 Å². The lowest BCUT2D eigenvalue weighted by atomic mass is 10.1. The van der Waals surface area contributed by atoms with Crippen molar-refractivity contribution in [3.63, 3.8) is 0 Å². The molecule has 1 aliphatic heterocycles. The maximum atomic E-state index is 13.8. The Labute approximate surface area is 171 Å². The number of rotatable bonds is 4. The lowest BCUT2D eigenvalue weighted by Crippen LogP contribution is -2.42. The molecule has 1 saturated heterocycles. The number of ether oxygens (including phenoxy) is 1. The molecule has 0 spiro atoms. The number of halogens is 1. The molecule has 1 aliphatic rings. The zero-order chi connectivity index (χ0) is 21.3. The van der Waals surface area contributed by atoms with Crippen molar-refractivity contribution >= 4 is 32.5 Å². The number of carbonyl (C=O) groups is 1. The number of nitrogens with zero attached hydrogens (tertiary/aromatic N) is 1. The molecule has 1 aromatic heterocycles. The number of fused-ring (bicyclic) bond motifs is 1. The van der Waals surface area contributed by atoms with Crippen LogP contribution in [0, 0.1) is 5.82 Å². The van der Waals surface area contributed by atoms with Crippen LogP contribution in [0.15, 0.2) is 58.4 Å². The van der Waals surface area contributed by atoms with E-state index >= 15 is 0 Å². The highest BCUT2D eigenvalue weighted by atomic mass is 32.2. The van der Waals surface area contributed by atoms with E-state index < -0.39 is 27.2 Å². The second-order valence-electron chi connectivity index (χ2n) is 6.73. The van der Waals surface area contributed by atoms with Gasteiger partial charge in [-0.1, -0.05) is 12.1 Å². The van der Waals surface area contributed by atoms with Crippen LogP contribution in [0.1, 0.15) is 10.4 Å². The number of hydrogen-bond donors (Lipinski definition) is 2. The smallest absolute Gasteiger partial charge is 0.262 e. The number of para-hydroxylation sites is 1. The molecule has 4 rings (SSSR count). The molecule has 30 heavy (non-hydrogen) atoms. The predicted octanol–water partition coefficient (Wildman–Crippen LogP) is 1.94. The lowest BCUT2D eigenvalue weighted by molar-refractivity contribution is 0.0302. The van der Waals surface area contributed by atoms with Crippen molar-refractivity contribution < 1.29 is 22.3 Å². The SMILES string of the molecule is O=C(c1c[nH]c2ccc(S(=O)(=O)Nc3ccccc3F)cc2c1=O)N1CCOCC1.